The summed E-state index contributed by atoms with van der Waals surface area (Å²) < 4.78 is 27.1. The number of sulfonamides is 1. The molecule has 0 bridgehead atoms. The molecule has 0 aliphatic carbocycles. The van der Waals surface area contributed by atoms with Crippen molar-refractivity contribution in [2.45, 2.75) is 24.8 Å². The summed E-state index contributed by atoms with van der Waals surface area (Å²) in [5.41, 5.74) is 1.60. The third-order valence-electron chi connectivity index (χ3n) is 3.72. The standard InChI is InChI=1S/C18H18N2O4S/c1-12(2)17(18(21)22)20-25(23,24)15-8-9-16(14(10-15)11-19)13-6-4-3-5-7-13/h3-10,12,17,20H,1-2H3,(H,21,22). The molecule has 0 spiro atoms. The number of rotatable bonds is 6. The summed E-state index contributed by atoms with van der Waals surface area (Å²) in [5, 5.41) is 18.5. The van der Waals surface area contributed by atoms with Crippen LogP contribution in [0.3, 0.4) is 0 Å². The summed E-state index contributed by atoms with van der Waals surface area (Å²) in [4.78, 5) is 11.1. The number of hydrogen-bond acceptors (Lipinski definition) is 4. The van der Waals surface area contributed by atoms with Crippen LogP contribution in [0, 0.1) is 17.2 Å². The van der Waals surface area contributed by atoms with Crippen molar-refractivity contribution in [1.29, 1.82) is 5.26 Å². The number of nitriles is 1. The zero-order valence-corrected chi connectivity index (χ0v) is 14.6. The molecule has 0 radical (unpaired) electrons. The van der Waals surface area contributed by atoms with E-state index in [9.17, 15) is 18.5 Å². The Balaban J connectivity index is 2.43. The van der Waals surface area contributed by atoms with Gasteiger partial charge in [0.1, 0.15) is 6.04 Å². The molecule has 0 aliphatic heterocycles. The van der Waals surface area contributed by atoms with Gasteiger partial charge in [0.25, 0.3) is 0 Å². The average Bonchev–Trinajstić information content (AvgIpc) is 2.59. The number of nitrogens with zero attached hydrogens (tertiary/aromatic N) is 1. The summed E-state index contributed by atoms with van der Waals surface area (Å²) in [6.07, 6.45) is 0. The number of nitrogens with one attached hydrogen (secondary N) is 1. The molecule has 2 N–H and O–H groups in total. The lowest BCUT2D eigenvalue weighted by Gasteiger charge is -2.18. The van der Waals surface area contributed by atoms with Crippen molar-refractivity contribution in [2.75, 3.05) is 0 Å². The molecular weight excluding hydrogens is 340 g/mol. The van der Waals surface area contributed by atoms with E-state index >= 15 is 0 Å². The van der Waals surface area contributed by atoms with Gasteiger partial charge in [-0.15, -0.1) is 0 Å². The smallest absolute Gasteiger partial charge is 0.322 e. The molecule has 0 heterocycles. The molecule has 2 aromatic carbocycles. The molecule has 0 saturated carbocycles. The van der Waals surface area contributed by atoms with Crippen molar-refractivity contribution in [3.63, 3.8) is 0 Å². The predicted molar refractivity (Wildman–Crippen MR) is 93.2 cm³/mol. The van der Waals surface area contributed by atoms with Gasteiger partial charge in [0.15, 0.2) is 0 Å². The van der Waals surface area contributed by atoms with Gasteiger partial charge in [-0.1, -0.05) is 50.2 Å². The molecule has 1 atom stereocenters. The highest BCUT2D eigenvalue weighted by Gasteiger charge is 2.28. The van der Waals surface area contributed by atoms with Gasteiger partial charge in [-0.2, -0.15) is 9.98 Å². The normalized spacial score (nSPS) is 12.6. The van der Waals surface area contributed by atoms with E-state index in [4.69, 9.17) is 5.11 Å². The third-order valence-corrected chi connectivity index (χ3v) is 5.16. The van der Waals surface area contributed by atoms with E-state index in [2.05, 4.69) is 4.72 Å². The number of hydrogen-bond donors (Lipinski definition) is 2. The van der Waals surface area contributed by atoms with Gasteiger partial charge in [-0.05, 0) is 29.2 Å². The first-order valence-corrected chi connectivity index (χ1v) is 9.09. The van der Waals surface area contributed by atoms with E-state index < -0.39 is 28.0 Å². The van der Waals surface area contributed by atoms with E-state index in [1.165, 1.54) is 12.1 Å². The van der Waals surface area contributed by atoms with Crippen molar-refractivity contribution < 1.29 is 18.3 Å². The van der Waals surface area contributed by atoms with Crippen molar-refractivity contribution >= 4 is 16.0 Å². The third kappa shape index (κ3) is 4.24. The molecule has 1 unspecified atom stereocenters. The number of carboxylic acids is 1. The number of aliphatic carboxylic acids is 1. The van der Waals surface area contributed by atoms with Gasteiger partial charge in [0.2, 0.25) is 10.0 Å². The van der Waals surface area contributed by atoms with E-state index in [1.807, 2.05) is 36.4 Å². The Morgan fingerprint density at radius 1 is 1.16 bits per heavy atom. The Bertz CT molecular complexity index is 916. The second-order valence-corrected chi connectivity index (χ2v) is 7.58. The van der Waals surface area contributed by atoms with E-state index in [-0.39, 0.29) is 10.5 Å². The molecule has 25 heavy (non-hydrogen) atoms. The molecule has 0 amide bonds. The Morgan fingerprint density at radius 3 is 2.32 bits per heavy atom. The van der Waals surface area contributed by atoms with E-state index in [1.54, 1.807) is 19.9 Å². The molecule has 0 aromatic heterocycles. The number of carbonyl (C=O) groups is 1. The highest BCUT2D eigenvalue weighted by Crippen LogP contribution is 2.26. The van der Waals surface area contributed by atoms with Crippen LogP contribution in [0.1, 0.15) is 19.4 Å². The number of benzene rings is 2. The van der Waals surface area contributed by atoms with Crippen molar-refractivity contribution in [2.24, 2.45) is 5.92 Å². The van der Waals surface area contributed by atoms with Gasteiger partial charge >= 0.3 is 5.97 Å². The summed E-state index contributed by atoms with van der Waals surface area (Å²) in [7, 11) is -4.06. The largest absolute Gasteiger partial charge is 0.480 e. The zero-order chi connectivity index (χ0) is 18.6. The topological polar surface area (TPSA) is 107 Å². The SMILES string of the molecule is CC(C)C(NS(=O)(=O)c1ccc(-c2ccccc2)c(C#N)c1)C(=O)O. The van der Waals surface area contributed by atoms with Gasteiger partial charge in [0, 0.05) is 0 Å². The van der Waals surface area contributed by atoms with E-state index in [0.29, 0.717) is 5.56 Å². The van der Waals surface area contributed by atoms with Crippen LogP contribution in [-0.2, 0) is 14.8 Å². The minimum Gasteiger partial charge on any atom is -0.480 e. The van der Waals surface area contributed by atoms with Crippen molar-refractivity contribution in [3.05, 3.63) is 54.1 Å². The van der Waals surface area contributed by atoms with Crippen LogP contribution in [0.25, 0.3) is 11.1 Å². The Morgan fingerprint density at radius 2 is 1.80 bits per heavy atom. The fourth-order valence-corrected chi connectivity index (χ4v) is 3.72. The maximum Gasteiger partial charge on any atom is 0.322 e. The molecule has 2 aromatic rings. The highest BCUT2D eigenvalue weighted by atomic mass is 32.2. The molecular formula is C18H18N2O4S. The summed E-state index contributed by atoms with van der Waals surface area (Å²) in [6, 6.07) is 14.1. The number of carboxylic acid groups (broad SMARTS) is 1. The second kappa shape index (κ2) is 7.47. The lowest BCUT2D eigenvalue weighted by molar-refractivity contribution is -0.140. The molecule has 2 rings (SSSR count). The summed E-state index contributed by atoms with van der Waals surface area (Å²) in [5.74, 6) is -1.67. The first-order valence-electron chi connectivity index (χ1n) is 7.61. The van der Waals surface area contributed by atoms with Crippen LogP contribution in [-0.4, -0.2) is 25.5 Å². The van der Waals surface area contributed by atoms with Crippen molar-refractivity contribution in [3.8, 4) is 17.2 Å². The average molecular weight is 358 g/mol. The zero-order valence-electron chi connectivity index (χ0n) is 13.8. The fourth-order valence-electron chi connectivity index (χ4n) is 2.36. The van der Waals surface area contributed by atoms with Gasteiger partial charge in [-0.3, -0.25) is 4.79 Å². The van der Waals surface area contributed by atoms with Crippen LogP contribution < -0.4 is 4.72 Å². The minimum atomic E-state index is -4.06. The van der Waals surface area contributed by atoms with Gasteiger partial charge < -0.3 is 5.11 Å². The molecule has 0 aliphatic rings. The van der Waals surface area contributed by atoms with Gasteiger partial charge in [-0.25, -0.2) is 8.42 Å². The highest BCUT2D eigenvalue weighted by molar-refractivity contribution is 7.89. The van der Waals surface area contributed by atoms with Gasteiger partial charge in [0.05, 0.1) is 16.5 Å². The summed E-state index contributed by atoms with van der Waals surface area (Å²) in [6.45, 7) is 3.22. The fraction of sp³-hybridized carbons (Fsp3) is 0.222. The molecule has 130 valence electrons. The maximum absolute atomic E-state index is 12.5. The van der Waals surface area contributed by atoms with Crippen LogP contribution in [0.2, 0.25) is 0 Å². The van der Waals surface area contributed by atoms with E-state index in [0.717, 1.165) is 5.56 Å². The minimum absolute atomic E-state index is 0.143. The molecule has 7 heteroatoms. The lowest BCUT2D eigenvalue weighted by Crippen LogP contribution is -2.44. The van der Waals surface area contributed by atoms with Crippen LogP contribution in [0.15, 0.2) is 53.4 Å². The van der Waals surface area contributed by atoms with Crippen LogP contribution in [0.5, 0.6) is 0 Å². The monoisotopic (exact) mass is 358 g/mol. The quantitative estimate of drug-likeness (QED) is 0.825. The molecule has 6 nitrogen and oxygen atoms in total. The first-order chi connectivity index (χ1) is 11.8. The first kappa shape index (κ1) is 18.6. The molecule has 0 fully saturated rings. The van der Waals surface area contributed by atoms with Crippen LogP contribution in [0.4, 0.5) is 0 Å². The molecule has 0 saturated heterocycles. The second-order valence-electron chi connectivity index (χ2n) is 5.87. The lowest BCUT2D eigenvalue weighted by atomic mass is 10.0. The Labute approximate surface area is 146 Å². The Kier molecular flexibility index (Phi) is 5.57. The Hall–Kier alpha value is -2.69. The summed E-state index contributed by atoms with van der Waals surface area (Å²) >= 11 is 0. The maximum atomic E-state index is 12.5. The predicted octanol–water partition coefficient (Wildman–Crippen LogP) is 2.61. The van der Waals surface area contributed by atoms with Crippen LogP contribution >= 0.6 is 0 Å². The van der Waals surface area contributed by atoms with Crippen molar-refractivity contribution in [1.82, 2.24) is 4.72 Å².